The molecule has 0 saturated heterocycles. The molecule has 0 radical (unpaired) electrons. The third-order valence-electron chi connectivity index (χ3n) is 3.66. The highest BCUT2D eigenvalue weighted by Gasteiger charge is 2.34. The van der Waals surface area contributed by atoms with Crippen molar-refractivity contribution in [2.24, 2.45) is 5.92 Å². The van der Waals surface area contributed by atoms with Gasteiger partial charge in [-0.3, -0.25) is 4.79 Å². The molecule has 2 rings (SSSR count). The van der Waals surface area contributed by atoms with Gasteiger partial charge < -0.3 is 4.90 Å². The van der Waals surface area contributed by atoms with E-state index in [4.69, 9.17) is 0 Å². The van der Waals surface area contributed by atoms with E-state index in [2.05, 4.69) is 23.7 Å². The van der Waals surface area contributed by atoms with Gasteiger partial charge in [0.25, 0.3) is 0 Å². The van der Waals surface area contributed by atoms with E-state index < -0.39 is 0 Å². The smallest absolute Gasteiger partial charge is 0.225 e. The first-order valence-electron chi connectivity index (χ1n) is 6.95. The molecule has 100 valence electrons. The predicted octanol–water partition coefficient (Wildman–Crippen LogP) is 3.11. The van der Waals surface area contributed by atoms with Crippen molar-refractivity contribution in [3.05, 3.63) is 16.6 Å². The summed E-state index contributed by atoms with van der Waals surface area (Å²) in [5, 5.41) is 3.14. The number of nitrogens with zero attached hydrogens (tertiary/aromatic N) is 2. The average molecular weight is 266 g/mol. The molecule has 0 spiro atoms. The Labute approximate surface area is 113 Å². The van der Waals surface area contributed by atoms with Gasteiger partial charge in [-0.25, -0.2) is 4.98 Å². The molecule has 1 aromatic rings. The Kier molecular flexibility index (Phi) is 4.75. The summed E-state index contributed by atoms with van der Waals surface area (Å²) in [5.41, 5.74) is 0. The number of carbonyl (C=O) groups is 1. The monoisotopic (exact) mass is 266 g/mol. The van der Waals surface area contributed by atoms with Crippen LogP contribution in [0.25, 0.3) is 0 Å². The topological polar surface area (TPSA) is 33.2 Å². The van der Waals surface area contributed by atoms with E-state index in [9.17, 15) is 4.79 Å². The summed E-state index contributed by atoms with van der Waals surface area (Å²) in [6.45, 7) is 5.06. The molecule has 3 nitrogen and oxygen atoms in total. The molecule has 1 fully saturated rings. The Hall–Kier alpha value is -0.900. The Morgan fingerprint density at radius 3 is 2.72 bits per heavy atom. The van der Waals surface area contributed by atoms with E-state index in [-0.39, 0.29) is 5.92 Å². The molecule has 0 atom stereocenters. The molecule has 4 heteroatoms. The van der Waals surface area contributed by atoms with Crippen LogP contribution in [-0.4, -0.2) is 28.4 Å². The van der Waals surface area contributed by atoms with Crippen LogP contribution in [0.4, 0.5) is 0 Å². The van der Waals surface area contributed by atoms with Crippen LogP contribution in [0.1, 0.15) is 44.5 Å². The number of thiazole rings is 1. The quantitative estimate of drug-likeness (QED) is 0.759. The summed E-state index contributed by atoms with van der Waals surface area (Å²) >= 11 is 1.68. The lowest BCUT2D eigenvalue weighted by Crippen LogP contribution is -2.39. The van der Waals surface area contributed by atoms with Crippen molar-refractivity contribution in [1.29, 1.82) is 0 Å². The van der Waals surface area contributed by atoms with Crippen molar-refractivity contribution in [2.45, 2.75) is 52.0 Å². The molecule has 1 aliphatic rings. The molecule has 0 unspecified atom stereocenters. The number of carbonyl (C=O) groups excluding carboxylic acids is 1. The number of amides is 1. The maximum Gasteiger partial charge on any atom is 0.225 e. The Morgan fingerprint density at radius 2 is 2.22 bits per heavy atom. The van der Waals surface area contributed by atoms with E-state index in [1.165, 1.54) is 12.8 Å². The molecule has 1 amide bonds. The summed E-state index contributed by atoms with van der Waals surface area (Å²) in [5.74, 6) is 0.570. The van der Waals surface area contributed by atoms with Crippen LogP contribution in [0.5, 0.6) is 0 Å². The average Bonchev–Trinajstić information content (AvgIpc) is 3.07. The van der Waals surface area contributed by atoms with Crippen LogP contribution in [0.15, 0.2) is 11.6 Å². The molecule has 1 heterocycles. The van der Waals surface area contributed by atoms with Crippen molar-refractivity contribution in [3.8, 4) is 0 Å². The number of hydrogen-bond acceptors (Lipinski definition) is 3. The summed E-state index contributed by atoms with van der Waals surface area (Å²) < 4.78 is 0. The predicted molar refractivity (Wildman–Crippen MR) is 74.6 cm³/mol. The maximum atomic E-state index is 12.5. The highest BCUT2D eigenvalue weighted by molar-refractivity contribution is 7.09. The molecule has 0 aliphatic heterocycles. The van der Waals surface area contributed by atoms with Gasteiger partial charge in [-0.15, -0.1) is 11.3 Å². The highest BCUT2D eigenvalue weighted by Crippen LogP contribution is 2.29. The van der Waals surface area contributed by atoms with Gasteiger partial charge in [0, 0.05) is 36.5 Å². The first-order chi connectivity index (χ1) is 8.76. The van der Waals surface area contributed by atoms with E-state index in [0.29, 0.717) is 11.9 Å². The first kappa shape index (κ1) is 13.5. The molecular weight excluding hydrogens is 244 g/mol. The fourth-order valence-corrected chi connectivity index (χ4v) is 2.93. The second kappa shape index (κ2) is 6.32. The molecule has 0 bridgehead atoms. The Bertz CT molecular complexity index is 369. The van der Waals surface area contributed by atoms with Crippen LogP contribution < -0.4 is 0 Å². The van der Waals surface area contributed by atoms with Crippen molar-refractivity contribution in [2.75, 3.05) is 6.54 Å². The molecule has 18 heavy (non-hydrogen) atoms. The van der Waals surface area contributed by atoms with Crippen LogP contribution in [-0.2, 0) is 11.2 Å². The minimum absolute atomic E-state index is 0.210. The van der Waals surface area contributed by atoms with Gasteiger partial charge in [-0.05, 0) is 25.7 Å². The molecule has 1 saturated carbocycles. The second-order valence-electron chi connectivity index (χ2n) is 4.95. The summed E-state index contributed by atoms with van der Waals surface area (Å²) in [6.07, 6.45) is 7.02. The van der Waals surface area contributed by atoms with E-state index >= 15 is 0 Å². The van der Waals surface area contributed by atoms with E-state index in [1.54, 1.807) is 11.3 Å². The number of aromatic nitrogens is 1. The largest absolute Gasteiger partial charge is 0.339 e. The van der Waals surface area contributed by atoms with Crippen LogP contribution in [0, 0.1) is 5.92 Å². The van der Waals surface area contributed by atoms with E-state index in [0.717, 1.165) is 30.8 Å². The van der Waals surface area contributed by atoms with Gasteiger partial charge in [-0.2, -0.15) is 0 Å². The Morgan fingerprint density at radius 1 is 1.50 bits per heavy atom. The van der Waals surface area contributed by atoms with Crippen molar-refractivity contribution in [3.63, 3.8) is 0 Å². The van der Waals surface area contributed by atoms with Gasteiger partial charge in [0.15, 0.2) is 0 Å². The highest BCUT2D eigenvalue weighted by atomic mass is 32.1. The van der Waals surface area contributed by atoms with E-state index in [1.807, 2.05) is 11.6 Å². The molecule has 1 aliphatic carbocycles. The molecule has 0 aromatic carbocycles. The fourth-order valence-electron chi connectivity index (χ4n) is 2.32. The zero-order valence-corrected chi connectivity index (χ0v) is 12.1. The zero-order valence-electron chi connectivity index (χ0n) is 11.3. The van der Waals surface area contributed by atoms with Crippen molar-refractivity contribution in [1.82, 2.24) is 9.88 Å². The lowest BCUT2D eigenvalue weighted by Gasteiger charge is -2.26. The maximum absolute atomic E-state index is 12.5. The van der Waals surface area contributed by atoms with Crippen LogP contribution in [0.3, 0.4) is 0 Å². The van der Waals surface area contributed by atoms with Gasteiger partial charge >= 0.3 is 0 Å². The van der Waals surface area contributed by atoms with Crippen LogP contribution in [0.2, 0.25) is 0 Å². The number of rotatable bonds is 7. The molecular formula is C14H22N2OS. The summed E-state index contributed by atoms with van der Waals surface area (Å²) in [7, 11) is 0. The number of hydrogen-bond donors (Lipinski definition) is 0. The normalized spacial score (nSPS) is 15.1. The molecule has 0 N–H and O–H groups in total. The molecule has 1 aromatic heterocycles. The first-order valence-corrected chi connectivity index (χ1v) is 7.83. The summed E-state index contributed by atoms with van der Waals surface area (Å²) in [6, 6.07) is 0.512. The zero-order chi connectivity index (χ0) is 13.0. The van der Waals surface area contributed by atoms with Gasteiger partial charge in [0.2, 0.25) is 5.91 Å². The van der Waals surface area contributed by atoms with Crippen molar-refractivity contribution < 1.29 is 4.79 Å². The van der Waals surface area contributed by atoms with Crippen molar-refractivity contribution >= 4 is 17.2 Å². The van der Waals surface area contributed by atoms with Gasteiger partial charge in [-0.1, -0.05) is 13.8 Å². The minimum Gasteiger partial charge on any atom is -0.339 e. The lowest BCUT2D eigenvalue weighted by atomic mass is 10.0. The third-order valence-corrected chi connectivity index (χ3v) is 4.50. The van der Waals surface area contributed by atoms with Crippen LogP contribution >= 0.6 is 11.3 Å². The lowest BCUT2D eigenvalue weighted by molar-refractivity contribution is -0.136. The third kappa shape index (κ3) is 3.31. The minimum atomic E-state index is 0.210. The second-order valence-corrected chi connectivity index (χ2v) is 5.93. The fraction of sp³-hybridized carbons (Fsp3) is 0.714. The SMILES string of the molecule is CCC(CC)C(=O)N(CCc1nccs1)C1CC1. The summed E-state index contributed by atoms with van der Waals surface area (Å²) in [4.78, 5) is 18.9. The van der Waals surface area contributed by atoms with Gasteiger partial charge in [0.1, 0.15) is 0 Å². The Balaban J connectivity index is 1.93. The van der Waals surface area contributed by atoms with Gasteiger partial charge in [0.05, 0.1) is 5.01 Å². The standard InChI is InChI=1S/C14H22N2OS/c1-3-11(4-2)14(17)16(12-5-6-12)9-7-13-15-8-10-18-13/h8,10-12H,3-7,9H2,1-2H3.